The first-order chi connectivity index (χ1) is 15.5. The zero-order chi connectivity index (χ0) is 22.0. The third-order valence-electron chi connectivity index (χ3n) is 7.62. The molecule has 2 aliphatic carbocycles. The lowest BCUT2D eigenvalue weighted by molar-refractivity contribution is 0.121. The number of benzene rings is 1. The van der Waals surface area contributed by atoms with Crippen molar-refractivity contribution in [3.05, 3.63) is 36.2 Å². The zero-order valence-electron chi connectivity index (χ0n) is 18.6. The van der Waals surface area contributed by atoms with E-state index in [1.54, 1.807) is 11.0 Å². The Morgan fingerprint density at radius 3 is 2.72 bits per heavy atom. The average Bonchev–Trinajstić information content (AvgIpc) is 3.50. The molecule has 1 aromatic carbocycles. The van der Waals surface area contributed by atoms with Crippen molar-refractivity contribution in [3.8, 4) is 22.5 Å². The number of anilines is 1. The van der Waals surface area contributed by atoms with Crippen molar-refractivity contribution in [2.24, 2.45) is 18.7 Å². The van der Waals surface area contributed by atoms with Crippen molar-refractivity contribution in [3.63, 3.8) is 0 Å². The number of nitrogens with two attached hydrogens (primary N) is 1. The third kappa shape index (κ3) is 2.63. The number of nitrogens with one attached hydrogen (secondary N) is 1. The summed E-state index contributed by atoms with van der Waals surface area (Å²) in [5.74, 6) is 1.47. The fourth-order valence-electron chi connectivity index (χ4n) is 5.94. The standard InChI is InChI=1S/C23H27N9/c1-13-21-14(19-12-25-32(3)30-19)6-7-15(22(21)29-26-13)18-8-9-20(28-27-18)31(2)23-10-4-5-16(23)17(24)11-23/h6-9,12,16-17H,4-5,10-11,24H2,1-3H3,(H,26,29)/t16?,17?,23-/m0/s1. The first-order valence-corrected chi connectivity index (χ1v) is 11.2. The summed E-state index contributed by atoms with van der Waals surface area (Å²) in [7, 11) is 3.95. The van der Waals surface area contributed by atoms with E-state index in [9.17, 15) is 0 Å². The van der Waals surface area contributed by atoms with Crippen molar-refractivity contribution in [1.82, 2.24) is 35.4 Å². The number of fused-ring (bicyclic) bond motifs is 2. The molecule has 0 radical (unpaired) electrons. The number of nitrogens with zero attached hydrogens (tertiary/aromatic N) is 7. The van der Waals surface area contributed by atoms with E-state index >= 15 is 0 Å². The molecule has 2 unspecified atom stereocenters. The summed E-state index contributed by atoms with van der Waals surface area (Å²) < 4.78 is 0. The molecule has 4 aromatic rings. The Morgan fingerprint density at radius 2 is 2.00 bits per heavy atom. The maximum atomic E-state index is 6.29. The summed E-state index contributed by atoms with van der Waals surface area (Å²) >= 11 is 0. The maximum Gasteiger partial charge on any atom is 0.151 e. The predicted molar refractivity (Wildman–Crippen MR) is 123 cm³/mol. The van der Waals surface area contributed by atoms with Crippen LogP contribution in [0.4, 0.5) is 5.82 Å². The van der Waals surface area contributed by atoms with Crippen LogP contribution >= 0.6 is 0 Å². The van der Waals surface area contributed by atoms with Crippen molar-refractivity contribution < 1.29 is 0 Å². The molecule has 9 heteroatoms. The van der Waals surface area contributed by atoms with Gasteiger partial charge in [0, 0.05) is 47.9 Å². The highest BCUT2D eigenvalue weighted by atomic mass is 15.4. The Labute approximate surface area is 186 Å². The molecular formula is C23H27N9. The van der Waals surface area contributed by atoms with Gasteiger partial charge in [0.25, 0.3) is 0 Å². The summed E-state index contributed by atoms with van der Waals surface area (Å²) in [5, 5.41) is 26.6. The Balaban J connectivity index is 1.36. The lowest BCUT2D eigenvalue weighted by Gasteiger charge is -2.55. The summed E-state index contributed by atoms with van der Waals surface area (Å²) in [6.07, 6.45) is 6.44. The second-order valence-electron chi connectivity index (χ2n) is 9.26. The highest BCUT2D eigenvalue weighted by Gasteiger charge is 2.57. The van der Waals surface area contributed by atoms with Crippen LogP contribution in [-0.4, -0.2) is 54.0 Å². The summed E-state index contributed by atoms with van der Waals surface area (Å²) in [6, 6.07) is 8.52. The highest BCUT2D eigenvalue weighted by Crippen LogP contribution is 2.53. The zero-order valence-corrected chi connectivity index (χ0v) is 18.6. The molecule has 0 saturated heterocycles. The van der Waals surface area contributed by atoms with Crippen LogP contribution in [0.15, 0.2) is 30.5 Å². The number of rotatable bonds is 4. The molecule has 6 rings (SSSR count). The average molecular weight is 430 g/mol. The molecule has 2 saturated carbocycles. The van der Waals surface area contributed by atoms with Crippen LogP contribution in [-0.2, 0) is 7.05 Å². The van der Waals surface area contributed by atoms with Gasteiger partial charge < -0.3 is 10.6 Å². The molecule has 3 atom stereocenters. The Hall–Kier alpha value is -3.33. The lowest BCUT2D eigenvalue weighted by Crippen LogP contribution is -2.66. The molecule has 9 nitrogen and oxygen atoms in total. The van der Waals surface area contributed by atoms with E-state index in [0.29, 0.717) is 12.0 Å². The number of hydrogen-bond acceptors (Lipinski definition) is 7. The monoisotopic (exact) mass is 429 g/mol. The molecule has 3 heterocycles. The second kappa shape index (κ2) is 6.83. The van der Waals surface area contributed by atoms with Gasteiger partial charge in [0.1, 0.15) is 11.2 Å². The Kier molecular flexibility index (Phi) is 4.13. The van der Waals surface area contributed by atoms with Gasteiger partial charge in [-0.3, -0.25) is 5.10 Å². The normalized spacial score (nSPS) is 24.5. The number of H-pyrrole nitrogens is 1. The van der Waals surface area contributed by atoms with E-state index in [2.05, 4.69) is 54.7 Å². The van der Waals surface area contributed by atoms with Crippen molar-refractivity contribution >= 4 is 16.7 Å². The molecule has 2 aliphatic rings. The second-order valence-corrected chi connectivity index (χ2v) is 9.26. The number of aromatic nitrogens is 7. The number of aryl methyl sites for hydroxylation is 2. The van der Waals surface area contributed by atoms with E-state index < -0.39 is 0 Å². The summed E-state index contributed by atoms with van der Waals surface area (Å²) in [5.41, 5.74) is 11.9. The smallest absolute Gasteiger partial charge is 0.151 e. The van der Waals surface area contributed by atoms with Gasteiger partial charge in [0.2, 0.25) is 0 Å². The lowest BCUT2D eigenvalue weighted by atomic mass is 9.64. The molecule has 0 aliphatic heterocycles. The fourth-order valence-corrected chi connectivity index (χ4v) is 5.94. The van der Waals surface area contributed by atoms with Gasteiger partial charge in [-0.2, -0.15) is 20.1 Å². The molecule has 0 bridgehead atoms. The van der Waals surface area contributed by atoms with Gasteiger partial charge in [-0.05, 0) is 50.3 Å². The summed E-state index contributed by atoms with van der Waals surface area (Å²) in [6.45, 7) is 2.02. The van der Waals surface area contributed by atoms with Gasteiger partial charge in [0.05, 0.1) is 11.9 Å². The molecule has 3 N–H and O–H groups in total. The van der Waals surface area contributed by atoms with Gasteiger partial charge in [0.15, 0.2) is 5.82 Å². The van der Waals surface area contributed by atoms with E-state index in [0.717, 1.165) is 51.4 Å². The van der Waals surface area contributed by atoms with Crippen LogP contribution in [0.25, 0.3) is 33.4 Å². The minimum atomic E-state index is 0.153. The predicted octanol–water partition coefficient (Wildman–Crippen LogP) is 2.83. The molecule has 0 amide bonds. The van der Waals surface area contributed by atoms with Gasteiger partial charge in [-0.15, -0.1) is 10.2 Å². The van der Waals surface area contributed by atoms with Crippen molar-refractivity contribution in [2.45, 2.75) is 44.2 Å². The van der Waals surface area contributed by atoms with E-state index in [1.165, 1.54) is 19.3 Å². The van der Waals surface area contributed by atoms with Crippen LogP contribution in [0, 0.1) is 12.8 Å². The number of aromatic amines is 1. The molecule has 0 spiro atoms. The van der Waals surface area contributed by atoms with Crippen LogP contribution in [0.5, 0.6) is 0 Å². The van der Waals surface area contributed by atoms with Crippen LogP contribution < -0.4 is 10.6 Å². The highest BCUT2D eigenvalue weighted by molar-refractivity contribution is 6.03. The Morgan fingerprint density at radius 1 is 1.16 bits per heavy atom. The molecule has 2 fully saturated rings. The quantitative estimate of drug-likeness (QED) is 0.513. The van der Waals surface area contributed by atoms with E-state index in [-0.39, 0.29) is 5.54 Å². The Bertz CT molecular complexity index is 1310. The van der Waals surface area contributed by atoms with Crippen molar-refractivity contribution in [2.75, 3.05) is 11.9 Å². The van der Waals surface area contributed by atoms with Crippen LogP contribution in [0.3, 0.4) is 0 Å². The SMILES string of the molecule is Cc1[nH]nc2c(-c3ccc(N(C)[C@]45CCCC4C(N)C5)nn3)ccc(-c3cnn(C)n3)c12. The minimum absolute atomic E-state index is 0.153. The van der Waals surface area contributed by atoms with Crippen LogP contribution in [0.2, 0.25) is 0 Å². The van der Waals surface area contributed by atoms with Crippen LogP contribution in [0.1, 0.15) is 31.4 Å². The third-order valence-corrected chi connectivity index (χ3v) is 7.62. The summed E-state index contributed by atoms with van der Waals surface area (Å²) in [4.78, 5) is 3.88. The molecule has 32 heavy (non-hydrogen) atoms. The largest absolute Gasteiger partial charge is 0.352 e. The topological polar surface area (TPSA) is 114 Å². The minimum Gasteiger partial charge on any atom is -0.352 e. The van der Waals surface area contributed by atoms with Crippen molar-refractivity contribution in [1.29, 1.82) is 0 Å². The van der Waals surface area contributed by atoms with E-state index in [1.807, 2.05) is 26.1 Å². The first-order valence-electron chi connectivity index (χ1n) is 11.2. The molecular weight excluding hydrogens is 402 g/mol. The fraction of sp³-hybridized carbons (Fsp3) is 0.435. The maximum absolute atomic E-state index is 6.29. The van der Waals surface area contributed by atoms with Gasteiger partial charge in [-0.1, -0.05) is 12.5 Å². The van der Waals surface area contributed by atoms with Gasteiger partial charge in [-0.25, -0.2) is 0 Å². The molecule has 164 valence electrons. The van der Waals surface area contributed by atoms with Gasteiger partial charge >= 0.3 is 0 Å². The first kappa shape index (κ1) is 19.4. The number of hydrogen-bond donors (Lipinski definition) is 2. The van der Waals surface area contributed by atoms with E-state index in [4.69, 9.17) is 5.73 Å². The molecule has 3 aromatic heterocycles.